The normalized spacial score (nSPS) is 20.2. The number of likely N-dealkylation sites (tertiary alicyclic amines) is 2. The topological polar surface area (TPSA) is 80.6 Å². The van der Waals surface area contributed by atoms with Crippen LogP contribution in [0, 0.1) is 5.92 Å². The number of carbonyl (C=O) groups excluding carboxylic acids is 2. The standard InChI is InChI=1S/C22H29N5O3/c1-30-19-6-4-5-18(13-19)22(29)27-10-3-2-7-20(27)17-8-11-25(12-9-17)21(28)14-26-16-23-15-24-26/h4-6,13,15-17,20H,2-3,7-12,14H2,1H3/t20-/m1/s1. The molecule has 2 saturated heterocycles. The lowest BCUT2D eigenvalue weighted by atomic mass is 9.83. The summed E-state index contributed by atoms with van der Waals surface area (Å²) in [4.78, 5) is 33.7. The fourth-order valence-electron chi connectivity index (χ4n) is 4.71. The van der Waals surface area contributed by atoms with Crippen molar-refractivity contribution >= 4 is 11.8 Å². The first kappa shape index (κ1) is 20.4. The van der Waals surface area contributed by atoms with Crippen LogP contribution in [0.2, 0.25) is 0 Å². The lowest BCUT2D eigenvalue weighted by molar-refractivity contribution is -0.133. The Morgan fingerprint density at radius 2 is 1.97 bits per heavy atom. The highest BCUT2D eigenvalue weighted by Crippen LogP contribution is 2.32. The van der Waals surface area contributed by atoms with Gasteiger partial charge < -0.3 is 14.5 Å². The number of benzene rings is 1. The second kappa shape index (κ2) is 9.28. The molecule has 2 amide bonds. The molecule has 8 nitrogen and oxygen atoms in total. The molecular weight excluding hydrogens is 382 g/mol. The molecule has 2 aliphatic heterocycles. The average Bonchev–Trinajstić information content (AvgIpc) is 3.32. The van der Waals surface area contributed by atoms with Gasteiger partial charge in [-0.05, 0) is 56.2 Å². The smallest absolute Gasteiger partial charge is 0.254 e. The molecule has 0 radical (unpaired) electrons. The van der Waals surface area contributed by atoms with Crippen molar-refractivity contribution in [1.82, 2.24) is 24.6 Å². The van der Waals surface area contributed by atoms with Gasteiger partial charge in [-0.15, -0.1) is 0 Å². The maximum Gasteiger partial charge on any atom is 0.254 e. The van der Waals surface area contributed by atoms with Crippen LogP contribution in [0.5, 0.6) is 5.75 Å². The maximum atomic E-state index is 13.3. The van der Waals surface area contributed by atoms with E-state index in [1.807, 2.05) is 29.2 Å². The van der Waals surface area contributed by atoms with E-state index in [1.165, 1.54) is 6.33 Å². The zero-order chi connectivity index (χ0) is 20.9. The Hall–Kier alpha value is -2.90. The predicted octanol–water partition coefficient (Wildman–Crippen LogP) is 2.22. The molecule has 4 rings (SSSR count). The van der Waals surface area contributed by atoms with Crippen LogP contribution in [-0.4, -0.2) is 69.2 Å². The number of ether oxygens (including phenoxy) is 1. The minimum atomic E-state index is 0.0758. The van der Waals surface area contributed by atoms with Gasteiger partial charge in [0, 0.05) is 31.2 Å². The molecule has 1 aromatic carbocycles. The van der Waals surface area contributed by atoms with Crippen molar-refractivity contribution in [2.75, 3.05) is 26.7 Å². The summed E-state index contributed by atoms with van der Waals surface area (Å²) in [7, 11) is 1.62. The molecule has 0 unspecified atom stereocenters. The summed E-state index contributed by atoms with van der Waals surface area (Å²) in [6.07, 6.45) is 8.09. The molecule has 3 heterocycles. The van der Waals surface area contributed by atoms with Gasteiger partial charge in [0.05, 0.1) is 7.11 Å². The van der Waals surface area contributed by atoms with Crippen molar-refractivity contribution in [2.45, 2.75) is 44.7 Å². The van der Waals surface area contributed by atoms with Gasteiger partial charge in [0.15, 0.2) is 0 Å². The van der Waals surface area contributed by atoms with Crippen LogP contribution in [-0.2, 0) is 11.3 Å². The molecule has 0 N–H and O–H groups in total. The number of methoxy groups -OCH3 is 1. The summed E-state index contributed by atoms with van der Waals surface area (Å²) in [6, 6.07) is 7.65. The van der Waals surface area contributed by atoms with E-state index in [2.05, 4.69) is 15.0 Å². The quantitative estimate of drug-likeness (QED) is 0.754. The zero-order valence-corrected chi connectivity index (χ0v) is 17.4. The third-order valence-corrected chi connectivity index (χ3v) is 6.33. The van der Waals surface area contributed by atoms with Gasteiger partial charge in [0.25, 0.3) is 5.91 Å². The first-order valence-corrected chi connectivity index (χ1v) is 10.7. The average molecular weight is 412 g/mol. The summed E-state index contributed by atoms with van der Waals surface area (Å²) in [5, 5.41) is 4.01. The van der Waals surface area contributed by atoms with Gasteiger partial charge in [0.2, 0.25) is 5.91 Å². The predicted molar refractivity (Wildman–Crippen MR) is 111 cm³/mol. The Morgan fingerprint density at radius 3 is 2.70 bits per heavy atom. The Bertz CT molecular complexity index is 861. The van der Waals surface area contributed by atoms with E-state index < -0.39 is 0 Å². The first-order valence-electron chi connectivity index (χ1n) is 10.7. The lowest BCUT2D eigenvalue weighted by Gasteiger charge is -2.43. The van der Waals surface area contributed by atoms with Crippen molar-refractivity contribution in [2.24, 2.45) is 5.92 Å². The first-order chi connectivity index (χ1) is 14.7. The summed E-state index contributed by atoms with van der Waals surface area (Å²) in [5.41, 5.74) is 0.682. The Labute approximate surface area is 176 Å². The summed E-state index contributed by atoms with van der Waals surface area (Å²) in [6.45, 7) is 2.49. The van der Waals surface area contributed by atoms with Crippen LogP contribution in [0.3, 0.4) is 0 Å². The summed E-state index contributed by atoms with van der Waals surface area (Å²) >= 11 is 0. The third kappa shape index (κ3) is 4.47. The molecule has 0 spiro atoms. The molecule has 0 saturated carbocycles. The van der Waals surface area contributed by atoms with Gasteiger partial charge in [-0.1, -0.05) is 6.07 Å². The van der Waals surface area contributed by atoms with E-state index >= 15 is 0 Å². The number of rotatable bonds is 5. The van der Waals surface area contributed by atoms with Crippen LogP contribution in [0.15, 0.2) is 36.9 Å². The van der Waals surface area contributed by atoms with E-state index in [0.717, 1.165) is 51.7 Å². The fourth-order valence-corrected chi connectivity index (χ4v) is 4.71. The fraction of sp³-hybridized carbons (Fsp3) is 0.545. The molecule has 2 aliphatic rings. The number of carbonyl (C=O) groups is 2. The zero-order valence-electron chi connectivity index (χ0n) is 17.4. The van der Waals surface area contributed by atoms with Crippen LogP contribution < -0.4 is 4.74 Å². The molecule has 2 fully saturated rings. The Balaban J connectivity index is 1.38. The second-order valence-electron chi connectivity index (χ2n) is 8.10. The van der Waals surface area contributed by atoms with Crippen molar-refractivity contribution in [3.8, 4) is 5.75 Å². The van der Waals surface area contributed by atoms with Crippen LogP contribution >= 0.6 is 0 Å². The third-order valence-electron chi connectivity index (χ3n) is 6.33. The number of nitrogens with zero attached hydrogens (tertiary/aromatic N) is 5. The van der Waals surface area contributed by atoms with Crippen molar-refractivity contribution in [3.63, 3.8) is 0 Å². The highest BCUT2D eigenvalue weighted by atomic mass is 16.5. The maximum absolute atomic E-state index is 13.3. The van der Waals surface area contributed by atoms with Crippen molar-refractivity contribution < 1.29 is 14.3 Å². The summed E-state index contributed by atoms with van der Waals surface area (Å²) in [5.74, 6) is 1.29. The largest absolute Gasteiger partial charge is 0.497 e. The monoisotopic (exact) mass is 411 g/mol. The molecular formula is C22H29N5O3. The number of aromatic nitrogens is 3. The van der Waals surface area contributed by atoms with Gasteiger partial charge in [-0.25, -0.2) is 9.67 Å². The molecule has 0 aliphatic carbocycles. The van der Waals surface area contributed by atoms with Crippen molar-refractivity contribution in [3.05, 3.63) is 42.5 Å². The Kier molecular flexibility index (Phi) is 6.30. The number of hydrogen-bond donors (Lipinski definition) is 0. The lowest BCUT2D eigenvalue weighted by Crippen LogP contribution is -2.51. The minimum Gasteiger partial charge on any atom is -0.497 e. The highest BCUT2D eigenvalue weighted by molar-refractivity contribution is 5.95. The van der Waals surface area contributed by atoms with E-state index in [0.29, 0.717) is 17.2 Å². The second-order valence-corrected chi connectivity index (χ2v) is 8.10. The molecule has 1 atom stereocenters. The number of amides is 2. The van der Waals surface area contributed by atoms with Crippen LogP contribution in [0.25, 0.3) is 0 Å². The van der Waals surface area contributed by atoms with Gasteiger partial charge in [0.1, 0.15) is 24.9 Å². The molecule has 0 bridgehead atoms. The van der Waals surface area contributed by atoms with Crippen molar-refractivity contribution in [1.29, 1.82) is 0 Å². The van der Waals surface area contributed by atoms with Gasteiger partial charge in [-0.3, -0.25) is 9.59 Å². The van der Waals surface area contributed by atoms with Crippen LogP contribution in [0.4, 0.5) is 0 Å². The minimum absolute atomic E-state index is 0.0758. The molecule has 2 aromatic rings. The van der Waals surface area contributed by atoms with E-state index in [1.54, 1.807) is 18.1 Å². The Morgan fingerprint density at radius 1 is 1.13 bits per heavy atom. The van der Waals surface area contributed by atoms with Crippen LogP contribution in [0.1, 0.15) is 42.5 Å². The number of hydrogen-bond acceptors (Lipinski definition) is 5. The summed E-state index contributed by atoms with van der Waals surface area (Å²) < 4.78 is 6.85. The van der Waals surface area contributed by atoms with Gasteiger partial charge >= 0.3 is 0 Å². The van der Waals surface area contributed by atoms with E-state index in [-0.39, 0.29) is 24.4 Å². The highest BCUT2D eigenvalue weighted by Gasteiger charge is 2.36. The molecule has 160 valence electrons. The van der Waals surface area contributed by atoms with E-state index in [4.69, 9.17) is 4.74 Å². The molecule has 30 heavy (non-hydrogen) atoms. The van der Waals surface area contributed by atoms with Gasteiger partial charge in [-0.2, -0.15) is 5.10 Å². The number of piperidine rings is 2. The molecule has 8 heteroatoms. The SMILES string of the molecule is COc1cccc(C(=O)N2CCCC[C@@H]2C2CCN(C(=O)Cn3cncn3)CC2)c1. The molecule has 1 aromatic heterocycles. The van der Waals surface area contributed by atoms with E-state index in [9.17, 15) is 9.59 Å².